The molecule has 0 unspecified atom stereocenters. The van der Waals surface area contributed by atoms with Gasteiger partial charge in [-0.3, -0.25) is 9.78 Å². The Morgan fingerprint density at radius 1 is 1.45 bits per heavy atom. The number of nitrogen functional groups attached to an aromatic ring is 1. The first-order chi connectivity index (χ1) is 9.75. The molecule has 1 aromatic rings. The number of carbonyl (C=O) groups is 1. The van der Waals surface area contributed by atoms with E-state index in [1.165, 1.54) is 43.0 Å². The predicted molar refractivity (Wildman–Crippen MR) is 83.6 cm³/mol. The lowest BCUT2D eigenvalue weighted by Crippen LogP contribution is -2.26. The fourth-order valence-corrected chi connectivity index (χ4v) is 2.98. The zero-order chi connectivity index (χ0) is 14.2. The third-order valence-electron chi connectivity index (χ3n) is 3.32. The van der Waals surface area contributed by atoms with Crippen LogP contribution in [0.4, 0.5) is 5.69 Å². The van der Waals surface area contributed by atoms with Crippen molar-refractivity contribution in [3.63, 3.8) is 0 Å². The lowest BCUT2D eigenvalue weighted by atomic mass is 9.97. The quantitative estimate of drug-likeness (QED) is 0.624. The number of carbonyl (C=O) groups excluding carboxylic acids is 1. The zero-order valence-electron chi connectivity index (χ0n) is 11.6. The molecule has 0 aromatic carbocycles. The standard InChI is InChI=1S/C15H21N3OS/c16-13-10-17-8-7-14(13)20-11-15(19)18-9-6-12-4-2-1-3-5-12/h4,7-8,10H,1-3,5-6,9,11,16H2,(H,18,19). The lowest BCUT2D eigenvalue weighted by Gasteiger charge is -2.13. The Morgan fingerprint density at radius 2 is 2.35 bits per heavy atom. The SMILES string of the molecule is Nc1cnccc1SCC(=O)NCCC1=CCCCC1. The van der Waals surface area contributed by atoms with E-state index < -0.39 is 0 Å². The number of aromatic nitrogens is 1. The van der Waals surface area contributed by atoms with Crippen molar-refractivity contribution in [3.8, 4) is 0 Å². The van der Waals surface area contributed by atoms with Crippen molar-refractivity contribution in [2.45, 2.75) is 37.0 Å². The van der Waals surface area contributed by atoms with Crippen molar-refractivity contribution in [2.75, 3.05) is 18.0 Å². The van der Waals surface area contributed by atoms with Crippen LogP contribution in [0.5, 0.6) is 0 Å². The molecule has 0 saturated carbocycles. The van der Waals surface area contributed by atoms with Crippen LogP contribution in [0, 0.1) is 0 Å². The minimum atomic E-state index is 0.0580. The summed E-state index contributed by atoms with van der Waals surface area (Å²) in [5, 5.41) is 2.96. The minimum Gasteiger partial charge on any atom is -0.397 e. The van der Waals surface area contributed by atoms with E-state index in [9.17, 15) is 4.79 Å². The summed E-state index contributed by atoms with van der Waals surface area (Å²) < 4.78 is 0. The van der Waals surface area contributed by atoms with Gasteiger partial charge in [0.2, 0.25) is 5.91 Å². The van der Waals surface area contributed by atoms with Crippen molar-refractivity contribution in [1.29, 1.82) is 0 Å². The maximum atomic E-state index is 11.8. The van der Waals surface area contributed by atoms with E-state index in [0.717, 1.165) is 17.9 Å². The maximum absolute atomic E-state index is 11.8. The molecular weight excluding hydrogens is 270 g/mol. The number of nitrogens with one attached hydrogen (secondary N) is 1. The number of rotatable bonds is 6. The number of nitrogens with two attached hydrogens (primary N) is 1. The highest BCUT2D eigenvalue weighted by atomic mass is 32.2. The smallest absolute Gasteiger partial charge is 0.230 e. The molecule has 1 amide bonds. The Morgan fingerprint density at radius 3 is 3.10 bits per heavy atom. The summed E-state index contributed by atoms with van der Waals surface area (Å²) >= 11 is 1.45. The van der Waals surface area contributed by atoms with Crippen molar-refractivity contribution in [2.24, 2.45) is 0 Å². The lowest BCUT2D eigenvalue weighted by molar-refractivity contribution is -0.118. The van der Waals surface area contributed by atoms with Gasteiger partial charge in [-0.1, -0.05) is 11.6 Å². The highest BCUT2D eigenvalue weighted by Crippen LogP contribution is 2.23. The van der Waals surface area contributed by atoms with Crippen LogP contribution in [0.25, 0.3) is 0 Å². The van der Waals surface area contributed by atoms with Crippen molar-refractivity contribution >= 4 is 23.4 Å². The van der Waals surface area contributed by atoms with Gasteiger partial charge in [-0.05, 0) is 38.2 Å². The van der Waals surface area contributed by atoms with Crippen molar-refractivity contribution in [3.05, 3.63) is 30.1 Å². The first-order valence-corrected chi connectivity index (χ1v) is 8.01. The van der Waals surface area contributed by atoms with Crippen LogP contribution in [0.2, 0.25) is 0 Å². The average Bonchev–Trinajstić information content (AvgIpc) is 2.47. The van der Waals surface area contributed by atoms with Crippen LogP contribution in [0.3, 0.4) is 0 Å². The van der Waals surface area contributed by atoms with Crippen LogP contribution >= 0.6 is 11.8 Å². The Balaban J connectivity index is 1.65. The van der Waals surface area contributed by atoms with Crippen molar-refractivity contribution in [1.82, 2.24) is 10.3 Å². The number of allylic oxidation sites excluding steroid dienone is 1. The molecule has 0 fully saturated rings. The number of pyridine rings is 1. The van der Waals surface area contributed by atoms with Crippen LogP contribution in [-0.4, -0.2) is 23.2 Å². The summed E-state index contributed by atoms with van der Waals surface area (Å²) in [7, 11) is 0. The van der Waals surface area contributed by atoms with Gasteiger partial charge in [0.25, 0.3) is 0 Å². The largest absolute Gasteiger partial charge is 0.397 e. The summed E-state index contributed by atoms with van der Waals surface area (Å²) in [6, 6.07) is 1.83. The van der Waals surface area contributed by atoms with Gasteiger partial charge in [-0.25, -0.2) is 0 Å². The zero-order valence-corrected chi connectivity index (χ0v) is 12.4. The molecule has 2 rings (SSSR count). The van der Waals surface area contributed by atoms with Crippen LogP contribution in [0.15, 0.2) is 35.0 Å². The second-order valence-corrected chi connectivity index (χ2v) is 5.93. The highest BCUT2D eigenvalue weighted by Gasteiger charge is 2.06. The van der Waals surface area contributed by atoms with E-state index in [0.29, 0.717) is 11.4 Å². The van der Waals surface area contributed by atoms with E-state index in [1.54, 1.807) is 12.4 Å². The average molecular weight is 291 g/mol. The molecular formula is C15H21N3OS. The summed E-state index contributed by atoms with van der Waals surface area (Å²) in [5.74, 6) is 0.454. The third-order valence-corrected chi connectivity index (χ3v) is 4.41. The molecule has 1 heterocycles. The third kappa shape index (κ3) is 4.89. The van der Waals surface area contributed by atoms with Gasteiger partial charge in [0, 0.05) is 17.6 Å². The molecule has 3 N–H and O–H groups in total. The van der Waals surface area contributed by atoms with Gasteiger partial charge in [0.05, 0.1) is 17.6 Å². The Hall–Kier alpha value is -1.49. The first kappa shape index (κ1) is 14.9. The van der Waals surface area contributed by atoms with Crippen LogP contribution < -0.4 is 11.1 Å². The van der Waals surface area contributed by atoms with Gasteiger partial charge in [0.15, 0.2) is 0 Å². The van der Waals surface area contributed by atoms with Gasteiger partial charge < -0.3 is 11.1 Å². The summed E-state index contributed by atoms with van der Waals surface area (Å²) in [4.78, 5) is 16.6. The molecule has 1 aliphatic rings. The van der Waals surface area contributed by atoms with Gasteiger partial charge in [0.1, 0.15) is 0 Å². The Labute approximate surface area is 124 Å². The van der Waals surface area contributed by atoms with E-state index >= 15 is 0 Å². The highest BCUT2D eigenvalue weighted by molar-refractivity contribution is 8.00. The maximum Gasteiger partial charge on any atom is 0.230 e. The molecule has 0 saturated heterocycles. The molecule has 0 spiro atoms. The molecule has 0 atom stereocenters. The second kappa shape index (κ2) is 7.94. The minimum absolute atomic E-state index is 0.0580. The fourth-order valence-electron chi connectivity index (χ4n) is 2.21. The number of hydrogen-bond acceptors (Lipinski definition) is 4. The Kier molecular flexibility index (Phi) is 5.92. The van der Waals surface area contributed by atoms with E-state index in [-0.39, 0.29) is 5.91 Å². The summed E-state index contributed by atoms with van der Waals surface area (Å²) in [5.41, 5.74) is 7.89. The molecule has 4 nitrogen and oxygen atoms in total. The first-order valence-electron chi connectivity index (χ1n) is 7.02. The predicted octanol–water partition coefficient (Wildman–Crippen LogP) is 2.76. The topological polar surface area (TPSA) is 68.0 Å². The molecule has 5 heteroatoms. The number of anilines is 1. The summed E-state index contributed by atoms with van der Waals surface area (Å²) in [6.45, 7) is 0.733. The van der Waals surface area contributed by atoms with E-state index in [1.807, 2.05) is 6.07 Å². The normalized spacial score (nSPS) is 14.7. The van der Waals surface area contributed by atoms with Crippen LogP contribution in [0.1, 0.15) is 32.1 Å². The molecule has 0 radical (unpaired) electrons. The second-order valence-electron chi connectivity index (χ2n) is 4.91. The molecule has 20 heavy (non-hydrogen) atoms. The number of hydrogen-bond donors (Lipinski definition) is 2. The van der Waals surface area contributed by atoms with Gasteiger partial charge in [-0.2, -0.15) is 0 Å². The fraction of sp³-hybridized carbons (Fsp3) is 0.467. The number of amides is 1. The van der Waals surface area contributed by atoms with Crippen molar-refractivity contribution < 1.29 is 4.79 Å². The molecule has 0 aliphatic heterocycles. The number of thioether (sulfide) groups is 1. The Bertz CT molecular complexity index is 488. The van der Waals surface area contributed by atoms with E-state index in [2.05, 4.69) is 16.4 Å². The molecule has 1 aromatic heterocycles. The molecule has 1 aliphatic carbocycles. The molecule has 0 bridgehead atoms. The monoisotopic (exact) mass is 291 g/mol. The molecule has 108 valence electrons. The van der Waals surface area contributed by atoms with E-state index in [4.69, 9.17) is 5.73 Å². The van der Waals surface area contributed by atoms with Gasteiger partial charge >= 0.3 is 0 Å². The van der Waals surface area contributed by atoms with Crippen LogP contribution in [-0.2, 0) is 4.79 Å². The number of nitrogens with zero attached hydrogens (tertiary/aromatic N) is 1. The summed E-state index contributed by atoms with van der Waals surface area (Å²) in [6.07, 6.45) is 11.6. The van der Waals surface area contributed by atoms with Gasteiger partial charge in [-0.15, -0.1) is 11.8 Å².